The van der Waals surface area contributed by atoms with Crippen molar-refractivity contribution in [1.29, 1.82) is 5.26 Å². The Hall–Kier alpha value is -3.11. The van der Waals surface area contributed by atoms with Gasteiger partial charge in [0.2, 0.25) is 5.91 Å². The number of halogens is 4. The number of hydrogen-bond donors (Lipinski definition) is 4. The fourth-order valence-electron chi connectivity index (χ4n) is 6.33. The molecule has 1 aromatic heterocycles. The average Bonchev–Trinajstić information content (AvgIpc) is 3.54. The largest absolute Gasteiger partial charge is 0.389 e. The van der Waals surface area contributed by atoms with Gasteiger partial charge < -0.3 is 25.8 Å². The highest BCUT2D eigenvalue weighted by atomic mass is 35.5. The number of nitrogens with zero attached hydrogens (tertiary/aromatic N) is 3. The number of carbonyl (C=O) groups excluding carboxylic acids is 1. The van der Waals surface area contributed by atoms with Crippen molar-refractivity contribution in [1.82, 2.24) is 20.4 Å². The fourth-order valence-corrected chi connectivity index (χ4v) is 6.67. The van der Waals surface area contributed by atoms with Gasteiger partial charge in [0, 0.05) is 41.4 Å². The number of aliphatic hydroxyl groups excluding tert-OH is 1. The normalized spacial score (nSPS) is 22.2. The van der Waals surface area contributed by atoms with E-state index in [1.54, 1.807) is 24.0 Å². The Morgan fingerprint density at radius 2 is 1.94 bits per heavy atom. The summed E-state index contributed by atoms with van der Waals surface area (Å²) in [5, 5.41) is 34.5. The zero-order valence-electron chi connectivity index (χ0n) is 27.4. The molecular formula is C34H42Cl2F2N6O3. The molecule has 1 saturated heterocycles. The van der Waals surface area contributed by atoms with E-state index in [-0.39, 0.29) is 39.0 Å². The van der Waals surface area contributed by atoms with Crippen LogP contribution >= 0.6 is 23.2 Å². The lowest BCUT2D eigenvalue weighted by Crippen LogP contribution is -2.45. The zero-order chi connectivity index (χ0) is 34.7. The van der Waals surface area contributed by atoms with Crippen LogP contribution in [0.1, 0.15) is 58.1 Å². The van der Waals surface area contributed by atoms with Crippen LogP contribution in [0.4, 0.5) is 14.6 Å². The first-order valence-corrected chi connectivity index (χ1v) is 16.1. The van der Waals surface area contributed by atoms with Crippen LogP contribution in [0, 0.1) is 28.4 Å². The van der Waals surface area contributed by atoms with Crippen molar-refractivity contribution >= 4 is 34.9 Å². The average molecular weight is 692 g/mol. The Labute approximate surface area is 284 Å². The first-order valence-electron chi connectivity index (χ1n) is 15.4. The molecule has 4 rings (SSSR count). The van der Waals surface area contributed by atoms with E-state index in [0.29, 0.717) is 19.5 Å². The van der Waals surface area contributed by atoms with Gasteiger partial charge in [-0.05, 0) is 56.5 Å². The van der Waals surface area contributed by atoms with Gasteiger partial charge in [-0.25, -0.2) is 8.78 Å². The summed E-state index contributed by atoms with van der Waals surface area (Å²) < 4.78 is 39.2. The molecule has 9 nitrogen and oxygen atoms in total. The van der Waals surface area contributed by atoms with E-state index in [2.05, 4.69) is 27.1 Å². The Balaban J connectivity index is 1.73. The first-order chi connectivity index (χ1) is 22.0. The number of ether oxygens (including phenoxy) is 1. The van der Waals surface area contributed by atoms with Gasteiger partial charge in [-0.2, -0.15) is 10.4 Å². The lowest BCUT2D eigenvalue weighted by atomic mass is 9.62. The predicted molar refractivity (Wildman–Crippen MR) is 178 cm³/mol. The fraction of sp³-hybridized carbons (Fsp3) is 0.500. The summed E-state index contributed by atoms with van der Waals surface area (Å²) in [7, 11) is 1.74. The molecule has 1 aliphatic rings. The molecule has 13 heteroatoms. The molecule has 2 heterocycles. The maximum Gasteiger partial charge on any atom is 0.243 e. The van der Waals surface area contributed by atoms with E-state index >= 15 is 8.78 Å². The maximum atomic E-state index is 15.9. The molecule has 0 radical (unpaired) electrons. The van der Waals surface area contributed by atoms with E-state index in [4.69, 9.17) is 27.9 Å². The van der Waals surface area contributed by atoms with Crippen LogP contribution in [0.25, 0.3) is 0 Å². The van der Waals surface area contributed by atoms with E-state index in [1.165, 1.54) is 30.3 Å². The van der Waals surface area contributed by atoms with Gasteiger partial charge in [0.15, 0.2) is 5.82 Å². The van der Waals surface area contributed by atoms with Crippen molar-refractivity contribution < 1.29 is 23.4 Å². The second-order valence-electron chi connectivity index (χ2n) is 13.9. The number of aliphatic hydroxyl groups is 1. The zero-order valence-corrected chi connectivity index (χ0v) is 28.9. The first kappa shape index (κ1) is 36.7. The molecule has 0 aliphatic carbocycles. The Bertz CT molecular complexity index is 1620. The van der Waals surface area contributed by atoms with E-state index in [0.717, 1.165) is 6.07 Å². The van der Waals surface area contributed by atoms with E-state index in [9.17, 15) is 15.2 Å². The molecule has 3 aromatic rings. The summed E-state index contributed by atoms with van der Waals surface area (Å²) in [4.78, 5) is 14.2. The van der Waals surface area contributed by atoms with Gasteiger partial charge >= 0.3 is 0 Å². The second-order valence-corrected chi connectivity index (χ2v) is 14.7. The molecule has 0 bridgehead atoms. The van der Waals surface area contributed by atoms with Gasteiger partial charge in [-0.3, -0.25) is 9.48 Å². The maximum absolute atomic E-state index is 15.9. The highest BCUT2D eigenvalue weighted by molar-refractivity contribution is 6.31. The summed E-state index contributed by atoms with van der Waals surface area (Å²) in [5.74, 6) is -3.11. The van der Waals surface area contributed by atoms with Gasteiger partial charge in [-0.1, -0.05) is 62.2 Å². The third kappa shape index (κ3) is 8.31. The third-order valence-corrected chi connectivity index (χ3v) is 8.80. The monoisotopic (exact) mass is 690 g/mol. The van der Waals surface area contributed by atoms with Crippen LogP contribution < -0.4 is 16.0 Å². The number of rotatable bonds is 12. The molecule has 0 saturated carbocycles. The number of benzene rings is 2. The van der Waals surface area contributed by atoms with Crippen LogP contribution in [0.15, 0.2) is 48.7 Å². The number of hydrogen-bond acceptors (Lipinski definition) is 7. The van der Waals surface area contributed by atoms with Crippen LogP contribution in [0.5, 0.6) is 0 Å². The molecule has 0 spiro atoms. The minimum Gasteiger partial charge on any atom is -0.389 e. The SMILES string of the molecule is CNCC(O)COC(C)(C)Cn1ccc(NC(=O)C2NC(CC(C)(C)C)C(C#N)(c3ccc(Cl)cc3F)C2c2cccc(Cl)c2F)n1. The summed E-state index contributed by atoms with van der Waals surface area (Å²) in [6.07, 6.45) is 1.34. The molecule has 5 atom stereocenters. The van der Waals surface area contributed by atoms with Crippen molar-refractivity contribution in [3.8, 4) is 6.07 Å². The molecule has 254 valence electrons. The Morgan fingerprint density at radius 3 is 2.57 bits per heavy atom. The van der Waals surface area contributed by atoms with Crippen LogP contribution in [-0.2, 0) is 21.5 Å². The van der Waals surface area contributed by atoms with Gasteiger partial charge in [0.05, 0.1) is 42.0 Å². The van der Waals surface area contributed by atoms with Crippen molar-refractivity contribution in [2.24, 2.45) is 5.41 Å². The number of nitrogens with one attached hydrogen (secondary N) is 3. The third-order valence-electron chi connectivity index (χ3n) is 8.27. The highest BCUT2D eigenvalue weighted by Gasteiger charge is 2.61. The molecular weight excluding hydrogens is 649 g/mol. The van der Waals surface area contributed by atoms with Crippen LogP contribution in [-0.4, -0.2) is 64.8 Å². The topological polar surface area (TPSA) is 124 Å². The molecule has 2 aromatic carbocycles. The molecule has 1 amide bonds. The number of carbonyl (C=O) groups is 1. The smallest absolute Gasteiger partial charge is 0.243 e. The van der Waals surface area contributed by atoms with E-state index < -0.39 is 52.7 Å². The van der Waals surface area contributed by atoms with Crippen molar-refractivity contribution in [3.63, 3.8) is 0 Å². The summed E-state index contributed by atoms with van der Waals surface area (Å²) in [5.41, 5.74) is -2.81. The number of amides is 1. The summed E-state index contributed by atoms with van der Waals surface area (Å²) in [6, 6.07) is 10.4. The Morgan fingerprint density at radius 1 is 1.21 bits per heavy atom. The van der Waals surface area contributed by atoms with Gasteiger partial charge in [0.1, 0.15) is 17.0 Å². The molecule has 5 unspecified atom stereocenters. The minimum atomic E-state index is -1.74. The number of aromatic nitrogens is 2. The summed E-state index contributed by atoms with van der Waals surface area (Å²) >= 11 is 12.3. The quantitative estimate of drug-likeness (QED) is 0.189. The highest BCUT2D eigenvalue weighted by Crippen LogP contribution is 2.52. The van der Waals surface area contributed by atoms with E-state index in [1.807, 2.05) is 34.6 Å². The lowest BCUT2D eigenvalue weighted by Gasteiger charge is -2.37. The standard InChI is InChI=1S/C34H42Cl2F2N6O3/c1-32(2,3)15-26-34(18-39,23-11-10-20(35)14-25(23)37)28(22-8-7-9-24(36)29(22)38)30(41-26)31(46)42-27-12-13-44(43-27)19-33(4,5)47-17-21(45)16-40-6/h7-14,21,26,28,30,40-41,45H,15-17,19H2,1-6H3,(H,42,43,46). The minimum absolute atomic E-state index is 0.00217. The lowest BCUT2D eigenvalue weighted by molar-refractivity contribution is -0.118. The molecule has 1 fully saturated rings. The molecule has 4 N–H and O–H groups in total. The van der Waals surface area contributed by atoms with Crippen molar-refractivity contribution in [3.05, 3.63) is 81.5 Å². The number of nitriles is 1. The van der Waals surface area contributed by atoms with Crippen molar-refractivity contribution in [2.75, 3.05) is 25.5 Å². The number of likely N-dealkylation sites (N-methyl/N-ethyl adjacent to an activating group) is 1. The number of anilines is 1. The molecule has 1 aliphatic heterocycles. The van der Waals surface area contributed by atoms with Gasteiger partial charge in [-0.15, -0.1) is 0 Å². The predicted octanol–water partition coefficient (Wildman–Crippen LogP) is 5.80. The summed E-state index contributed by atoms with van der Waals surface area (Å²) in [6.45, 7) is 10.4. The van der Waals surface area contributed by atoms with Gasteiger partial charge in [0.25, 0.3) is 0 Å². The van der Waals surface area contributed by atoms with Crippen LogP contribution in [0.3, 0.4) is 0 Å². The van der Waals surface area contributed by atoms with Crippen molar-refractivity contribution in [2.45, 2.75) is 82.7 Å². The second kappa shape index (κ2) is 14.6. The molecule has 47 heavy (non-hydrogen) atoms. The Kier molecular flexibility index (Phi) is 11.4. The van der Waals surface area contributed by atoms with Crippen LogP contribution in [0.2, 0.25) is 10.0 Å².